The van der Waals surface area contributed by atoms with Crippen LogP contribution in [0.5, 0.6) is 23.0 Å². The number of hydrogen-bond donors (Lipinski definition) is 4. The summed E-state index contributed by atoms with van der Waals surface area (Å²) >= 11 is 0. The number of carbonyl (C=O) groups excluding carboxylic acids is 1. The topological polar surface area (TPSA) is 98.0 Å². The van der Waals surface area contributed by atoms with Crippen molar-refractivity contribution in [3.05, 3.63) is 46.5 Å². The molecule has 5 heteroatoms. The second kappa shape index (κ2) is 4.77. The minimum atomic E-state index is -0.411. The maximum absolute atomic E-state index is 12.4. The summed E-state index contributed by atoms with van der Waals surface area (Å²) in [6.07, 6.45) is 0. The Bertz CT molecular complexity index is 644. The molecule has 0 saturated carbocycles. The Labute approximate surface area is 115 Å². The Morgan fingerprint density at radius 3 is 1.35 bits per heavy atom. The number of benzene rings is 2. The molecule has 0 heterocycles. The van der Waals surface area contributed by atoms with Crippen LogP contribution in [0.2, 0.25) is 0 Å². The first-order valence-electron chi connectivity index (χ1n) is 5.91. The zero-order valence-electron chi connectivity index (χ0n) is 11.0. The summed E-state index contributed by atoms with van der Waals surface area (Å²) in [4.78, 5) is 12.4. The molecule has 5 nitrogen and oxygen atoms in total. The minimum Gasteiger partial charge on any atom is -0.504 e. The van der Waals surface area contributed by atoms with Crippen LogP contribution in [0.25, 0.3) is 0 Å². The lowest BCUT2D eigenvalue weighted by atomic mass is 9.95. The number of hydrogen-bond acceptors (Lipinski definition) is 5. The van der Waals surface area contributed by atoms with Crippen LogP contribution >= 0.6 is 0 Å². The quantitative estimate of drug-likeness (QED) is 0.498. The highest BCUT2D eigenvalue weighted by molar-refractivity contribution is 6.11. The van der Waals surface area contributed by atoms with E-state index in [1.165, 1.54) is 24.3 Å². The van der Waals surface area contributed by atoms with Gasteiger partial charge in [-0.1, -0.05) is 0 Å². The van der Waals surface area contributed by atoms with Crippen LogP contribution in [0.3, 0.4) is 0 Å². The smallest absolute Gasteiger partial charge is 0.193 e. The highest BCUT2D eigenvalue weighted by Crippen LogP contribution is 2.32. The lowest BCUT2D eigenvalue weighted by Gasteiger charge is -2.10. The third kappa shape index (κ3) is 2.25. The van der Waals surface area contributed by atoms with Crippen molar-refractivity contribution in [2.24, 2.45) is 0 Å². The van der Waals surface area contributed by atoms with Crippen LogP contribution in [0.15, 0.2) is 24.3 Å². The molecule has 2 aromatic rings. The van der Waals surface area contributed by atoms with E-state index >= 15 is 0 Å². The molecule has 0 aliphatic heterocycles. The van der Waals surface area contributed by atoms with Gasteiger partial charge in [0.05, 0.1) is 0 Å². The molecule has 104 valence electrons. The van der Waals surface area contributed by atoms with E-state index in [1.54, 1.807) is 13.8 Å². The van der Waals surface area contributed by atoms with E-state index in [2.05, 4.69) is 0 Å². The Hall–Kier alpha value is -2.69. The standard InChI is InChI=1S/C15H14O5/c1-7-3-11(16)13(18)5-9(7)15(20)10-6-14(19)12(17)4-8(10)2/h3-6,16-19H,1-2H3. The van der Waals surface area contributed by atoms with E-state index in [0.717, 1.165) is 0 Å². The van der Waals surface area contributed by atoms with Gasteiger partial charge in [0.2, 0.25) is 0 Å². The summed E-state index contributed by atoms with van der Waals surface area (Å²) in [5.41, 5.74) is 1.43. The van der Waals surface area contributed by atoms with Gasteiger partial charge >= 0.3 is 0 Å². The largest absolute Gasteiger partial charge is 0.504 e. The maximum Gasteiger partial charge on any atom is 0.193 e. The Kier molecular flexibility index (Phi) is 3.28. The molecule has 0 aliphatic rings. The number of rotatable bonds is 2. The zero-order chi connectivity index (χ0) is 15.0. The summed E-state index contributed by atoms with van der Waals surface area (Å²) in [5, 5.41) is 37.7. The number of phenols is 4. The molecule has 0 atom stereocenters. The van der Waals surface area contributed by atoms with Gasteiger partial charge in [-0.25, -0.2) is 0 Å². The summed E-state index contributed by atoms with van der Waals surface area (Å²) in [6, 6.07) is 4.93. The monoisotopic (exact) mass is 274 g/mol. The van der Waals surface area contributed by atoms with Crippen molar-refractivity contribution in [3.8, 4) is 23.0 Å². The Morgan fingerprint density at radius 2 is 1.00 bits per heavy atom. The first-order valence-corrected chi connectivity index (χ1v) is 5.91. The fourth-order valence-electron chi connectivity index (χ4n) is 2.00. The minimum absolute atomic E-state index is 0.216. The lowest BCUT2D eigenvalue weighted by molar-refractivity contribution is 0.103. The van der Waals surface area contributed by atoms with Gasteiger partial charge in [0.25, 0.3) is 0 Å². The average Bonchev–Trinajstić information content (AvgIpc) is 2.37. The molecule has 0 saturated heterocycles. The molecule has 0 bridgehead atoms. The Morgan fingerprint density at radius 1 is 0.700 bits per heavy atom. The number of aryl methyl sites for hydroxylation is 2. The number of carbonyl (C=O) groups is 1. The first-order chi connectivity index (χ1) is 9.31. The molecule has 20 heavy (non-hydrogen) atoms. The van der Waals surface area contributed by atoms with Crippen LogP contribution in [0, 0.1) is 13.8 Å². The van der Waals surface area contributed by atoms with Crippen molar-refractivity contribution in [1.29, 1.82) is 0 Å². The van der Waals surface area contributed by atoms with Gasteiger partial charge in [-0.2, -0.15) is 0 Å². The molecule has 0 fully saturated rings. The van der Waals surface area contributed by atoms with Crippen molar-refractivity contribution in [1.82, 2.24) is 0 Å². The molecule has 2 aromatic carbocycles. The van der Waals surface area contributed by atoms with Gasteiger partial charge in [-0.3, -0.25) is 4.79 Å². The molecular weight excluding hydrogens is 260 g/mol. The zero-order valence-corrected chi connectivity index (χ0v) is 11.0. The second-order valence-corrected chi connectivity index (χ2v) is 4.64. The number of aromatic hydroxyl groups is 4. The van der Waals surface area contributed by atoms with Gasteiger partial charge in [0, 0.05) is 11.1 Å². The molecule has 0 unspecified atom stereocenters. The van der Waals surface area contributed by atoms with E-state index in [1.807, 2.05) is 0 Å². The number of phenolic OH excluding ortho intramolecular Hbond substituents is 4. The van der Waals surface area contributed by atoms with Gasteiger partial charge in [-0.15, -0.1) is 0 Å². The maximum atomic E-state index is 12.4. The Balaban J connectivity index is 2.57. The molecular formula is C15H14O5. The van der Waals surface area contributed by atoms with Crippen molar-refractivity contribution < 1.29 is 25.2 Å². The summed E-state index contributed by atoms with van der Waals surface area (Å²) in [7, 11) is 0. The van der Waals surface area contributed by atoms with E-state index in [4.69, 9.17) is 0 Å². The molecule has 0 aliphatic carbocycles. The van der Waals surface area contributed by atoms with E-state index < -0.39 is 5.78 Å². The van der Waals surface area contributed by atoms with Crippen LogP contribution < -0.4 is 0 Å². The number of ketones is 1. The summed E-state index contributed by atoms with van der Waals surface area (Å²) < 4.78 is 0. The van der Waals surface area contributed by atoms with Crippen LogP contribution in [0.1, 0.15) is 27.0 Å². The molecule has 0 amide bonds. The molecule has 0 spiro atoms. The molecule has 0 radical (unpaired) electrons. The van der Waals surface area contributed by atoms with E-state index in [0.29, 0.717) is 11.1 Å². The second-order valence-electron chi connectivity index (χ2n) is 4.64. The predicted molar refractivity (Wildman–Crippen MR) is 72.4 cm³/mol. The normalized spacial score (nSPS) is 10.5. The third-order valence-corrected chi connectivity index (χ3v) is 3.13. The summed E-state index contributed by atoms with van der Waals surface area (Å²) in [6.45, 7) is 3.25. The van der Waals surface area contributed by atoms with Gasteiger partial charge in [0.1, 0.15) is 0 Å². The van der Waals surface area contributed by atoms with Crippen molar-refractivity contribution in [3.63, 3.8) is 0 Å². The first kappa shape index (κ1) is 13.7. The third-order valence-electron chi connectivity index (χ3n) is 3.13. The van der Waals surface area contributed by atoms with Crippen molar-refractivity contribution >= 4 is 5.78 Å². The van der Waals surface area contributed by atoms with E-state index in [9.17, 15) is 25.2 Å². The lowest BCUT2D eigenvalue weighted by Crippen LogP contribution is -2.05. The van der Waals surface area contributed by atoms with Crippen molar-refractivity contribution in [2.45, 2.75) is 13.8 Å². The van der Waals surface area contributed by atoms with E-state index in [-0.39, 0.29) is 34.1 Å². The van der Waals surface area contributed by atoms with Gasteiger partial charge in [-0.05, 0) is 49.2 Å². The fourth-order valence-corrected chi connectivity index (χ4v) is 2.00. The van der Waals surface area contributed by atoms with Gasteiger partial charge < -0.3 is 20.4 Å². The van der Waals surface area contributed by atoms with Gasteiger partial charge in [0.15, 0.2) is 28.8 Å². The van der Waals surface area contributed by atoms with Crippen LogP contribution in [-0.4, -0.2) is 26.2 Å². The highest BCUT2D eigenvalue weighted by Gasteiger charge is 2.18. The van der Waals surface area contributed by atoms with Crippen LogP contribution in [0.4, 0.5) is 0 Å². The SMILES string of the molecule is Cc1cc(O)c(O)cc1C(=O)c1cc(O)c(O)cc1C. The fraction of sp³-hybridized carbons (Fsp3) is 0.133. The van der Waals surface area contributed by atoms with Crippen molar-refractivity contribution in [2.75, 3.05) is 0 Å². The summed E-state index contributed by atoms with van der Waals surface area (Å²) in [5.74, 6) is -1.79. The molecule has 4 N–H and O–H groups in total. The van der Waals surface area contributed by atoms with Crippen LogP contribution in [-0.2, 0) is 0 Å². The molecule has 2 rings (SSSR count). The average molecular weight is 274 g/mol. The highest BCUT2D eigenvalue weighted by atomic mass is 16.3. The molecule has 0 aromatic heterocycles. The predicted octanol–water partition coefficient (Wildman–Crippen LogP) is 2.36.